The minimum atomic E-state index is -0.437. The number of primary amides is 1. The number of aromatic nitrogens is 2. The Bertz CT molecular complexity index is 1180. The number of fused-ring (bicyclic) bond motifs is 1. The van der Waals surface area contributed by atoms with E-state index in [0.717, 1.165) is 16.0 Å². The lowest BCUT2D eigenvalue weighted by Crippen LogP contribution is -2.27. The highest BCUT2D eigenvalue weighted by Crippen LogP contribution is 2.31. The first kappa shape index (κ1) is 18.1. The Morgan fingerprint density at radius 2 is 1.71 bits per heavy atom. The average Bonchev–Trinajstić information content (AvgIpc) is 3.13. The topological polar surface area (TPSA) is 78.0 Å². The van der Waals surface area contributed by atoms with E-state index in [1.165, 1.54) is 11.3 Å². The zero-order valence-electron chi connectivity index (χ0n) is 15.2. The molecule has 4 aromatic rings. The van der Waals surface area contributed by atoms with Crippen molar-refractivity contribution in [1.29, 1.82) is 0 Å². The van der Waals surface area contributed by atoms with Crippen molar-refractivity contribution in [3.8, 4) is 10.4 Å². The van der Waals surface area contributed by atoms with Gasteiger partial charge in [-0.25, -0.2) is 4.98 Å². The fourth-order valence-corrected chi connectivity index (χ4v) is 4.21. The SMILES string of the molecule is NC(=O)CCn1c(Cc2ccccc2)nc2sc(-c3ccccc3)cc2c1=O. The molecule has 0 fully saturated rings. The van der Waals surface area contributed by atoms with E-state index in [9.17, 15) is 9.59 Å². The molecule has 0 saturated carbocycles. The minimum Gasteiger partial charge on any atom is -0.370 e. The van der Waals surface area contributed by atoms with Crippen LogP contribution >= 0.6 is 11.3 Å². The fourth-order valence-electron chi connectivity index (χ4n) is 3.17. The maximum atomic E-state index is 13.2. The molecule has 2 heterocycles. The number of rotatable bonds is 6. The molecular formula is C22H19N3O2S. The standard InChI is InChI=1S/C22H19N3O2S/c23-19(26)11-12-25-20(13-15-7-3-1-4-8-15)24-21-17(22(25)27)14-18(28-21)16-9-5-2-6-10-16/h1-10,14H,11-13H2,(H2,23,26). The molecule has 5 nitrogen and oxygen atoms in total. The molecule has 0 spiro atoms. The summed E-state index contributed by atoms with van der Waals surface area (Å²) in [6.07, 6.45) is 0.619. The fraction of sp³-hybridized carbons (Fsp3) is 0.136. The minimum absolute atomic E-state index is 0.102. The van der Waals surface area contributed by atoms with E-state index in [1.807, 2.05) is 66.7 Å². The smallest absolute Gasteiger partial charge is 0.262 e. The number of nitrogens with two attached hydrogens (primary N) is 1. The van der Waals surface area contributed by atoms with Crippen LogP contribution in [0.15, 0.2) is 71.5 Å². The quantitative estimate of drug-likeness (QED) is 0.547. The molecule has 0 radical (unpaired) electrons. The first-order valence-electron chi connectivity index (χ1n) is 9.03. The van der Waals surface area contributed by atoms with Gasteiger partial charge in [-0.1, -0.05) is 60.7 Å². The first-order chi connectivity index (χ1) is 13.6. The normalized spacial score (nSPS) is 11.0. The molecule has 0 aliphatic carbocycles. The number of hydrogen-bond donors (Lipinski definition) is 1. The van der Waals surface area contributed by atoms with E-state index in [4.69, 9.17) is 10.7 Å². The molecule has 140 valence electrons. The Labute approximate surface area is 166 Å². The maximum Gasteiger partial charge on any atom is 0.262 e. The second kappa shape index (κ2) is 7.78. The number of benzene rings is 2. The molecule has 0 aliphatic rings. The predicted octanol–water partition coefficient (Wildman–Crippen LogP) is 3.59. The summed E-state index contributed by atoms with van der Waals surface area (Å²) >= 11 is 1.51. The molecule has 0 atom stereocenters. The number of carbonyl (C=O) groups excluding carboxylic acids is 1. The third-order valence-electron chi connectivity index (χ3n) is 4.58. The molecule has 0 unspecified atom stereocenters. The van der Waals surface area contributed by atoms with E-state index >= 15 is 0 Å². The van der Waals surface area contributed by atoms with Crippen LogP contribution in [0, 0.1) is 0 Å². The molecule has 2 aromatic heterocycles. The third-order valence-corrected chi connectivity index (χ3v) is 5.65. The lowest BCUT2D eigenvalue weighted by Gasteiger charge is -2.11. The maximum absolute atomic E-state index is 13.2. The molecule has 0 saturated heterocycles. The Hall–Kier alpha value is -3.25. The summed E-state index contributed by atoms with van der Waals surface area (Å²) in [5.74, 6) is 0.208. The van der Waals surface area contributed by atoms with E-state index in [0.29, 0.717) is 22.5 Å². The van der Waals surface area contributed by atoms with Crippen LogP contribution in [0.2, 0.25) is 0 Å². The van der Waals surface area contributed by atoms with Crippen LogP contribution < -0.4 is 11.3 Å². The molecule has 4 rings (SSSR count). The summed E-state index contributed by atoms with van der Waals surface area (Å²) in [5.41, 5.74) is 7.29. The van der Waals surface area contributed by atoms with Crippen molar-refractivity contribution in [2.45, 2.75) is 19.4 Å². The zero-order chi connectivity index (χ0) is 19.5. The van der Waals surface area contributed by atoms with Gasteiger partial charge in [0.15, 0.2) is 0 Å². The number of amides is 1. The van der Waals surface area contributed by atoms with Crippen molar-refractivity contribution in [3.05, 3.63) is 88.5 Å². The van der Waals surface area contributed by atoms with Gasteiger partial charge in [0, 0.05) is 24.3 Å². The van der Waals surface area contributed by atoms with Crippen molar-refractivity contribution < 1.29 is 4.79 Å². The van der Waals surface area contributed by atoms with Gasteiger partial charge in [0.1, 0.15) is 10.7 Å². The molecule has 2 N–H and O–H groups in total. The molecule has 2 aromatic carbocycles. The molecule has 0 aliphatic heterocycles. The predicted molar refractivity (Wildman–Crippen MR) is 112 cm³/mol. The van der Waals surface area contributed by atoms with Crippen molar-refractivity contribution >= 4 is 27.5 Å². The number of thiophene rings is 1. The van der Waals surface area contributed by atoms with E-state index < -0.39 is 5.91 Å². The summed E-state index contributed by atoms with van der Waals surface area (Å²) in [7, 11) is 0. The molecule has 6 heteroatoms. The second-order valence-corrected chi connectivity index (χ2v) is 7.59. The van der Waals surface area contributed by atoms with E-state index in [-0.39, 0.29) is 18.5 Å². The van der Waals surface area contributed by atoms with Gasteiger partial charge in [-0.05, 0) is 17.2 Å². The summed E-state index contributed by atoms with van der Waals surface area (Å²) in [5, 5.41) is 0.574. The van der Waals surface area contributed by atoms with Crippen molar-refractivity contribution in [2.24, 2.45) is 5.73 Å². The Morgan fingerprint density at radius 3 is 2.39 bits per heavy atom. The summed E-state index contributed by atoms with van der Waals surface area (Å²) in [6, 6.07) is 21.7. The Morgan fingerprint density at radius 1 is 1.04 bits per heavy atom. The molecule has 1 amide bonds. The van der Waals surface area contributed by atoms with Gasteiger partial charge in [-0.3, -0.25) is 14.2 Å². The van der Waals surface area contributed by atoms with Gasteiger partial charge in [0.2, 0.25) is 5.91 Å². The Kier molecular flexibility index (Phi) is 5.04. The van der Waals surface area contributed by atoms with E-state index in [2.05, 4.69) is 0 Å². The van der Waals surface area contributed by atoms with Gasteiger partial charge < -0.3 is 5.73 Å². The van der Waals surface area contributed by atoms with Crippen LogP contribution in [0.4, 0.5) is 0 Å². The largest absolute Gasteiger partial charge is 0.370 e. The van der Waals surface area contributed by atoms with Crippen LogP contribution in [-0.2, 0) is 17.8 Å². The van der Waals surface area contributed by atoms with E-state index in [1.54, 1.807) is 4.57 Å². The third kappa shape index (κ3) is 3.73. The van der Waals surface area contributed by atoms with Gasteiger partial charge in [0.05, 0.1) is 5.39 Å². The highest BCUT2D eigenvalue weighted by Gasteiger charge is 2.15. The van der Waals surface area contributed by atoms with Gasteiger partial charge in [-0.15, -0.1) is 11.3 Å². The summed E-state index contributed by atoms with van der Waals surface area (Å²) in [6.45, 7) is 0.232. The molecule has 28 heavy (non-hydrogen) atoms. The Balaban J connectivity index is 1.84. The molecule has 0 bridgehead atoms. The number of carbonyl (C=O) groups is 1. The lowest BCUT2D eigenvalue weighted by molar-refractivity contribution is -0.118. The molecular weight excluding hydrogens is 370 g/mol. The monoisotopic (exact) mass is 389 g/mol. The number of hydrogen-bond acceptors (Lipinski definition) is 4. The first-order valence-corrected chi connectivity index (χ1v) is 9.84. The van der Waals surface area contributed by atoms with Gasteiger partial charge in [0.25, 0.3) is 5.56 Å². The van der Waals surface area contributed by atoms with Crippen molar-refractivity contribution in [3.63, 3.8) is 0 Å². The van der Waals surface area contributed by atoms with Gasteiger partial charge in [-0.2, -0.15) is 0 Å². The lowest BCUT2D eigenvalue weighted by atomic mass is 10.1. The van der Waals surface area contributed by atoms with Crippen LogP contribution in [0.1, 0.15) is 17.8 Å². The van der Waals surface area contributed by atoms with Crippen LogP contribution in [0.5, 0.6) is 0 Å². The summed E-state index contributed by atoms with van der Waals surface area (Å²) < 4.78 is 1.58. The highest BCUT2D eigenvalue weighted by atomic mass is 32.1. The highest BCUT2D eigenvalue weighted by molar-refractivity contribution is 7.21. The second-order valence-electron chi connectivity index (χ2n) is 6.56. The van der Waals surface area contributed by atoms with Crippen LogP contribution in [0.25, 0.3) is 20.7 Å². The van der Waals surface area contributed by atoms with Gasteiger partial charge >= 0.3 is 0 Å². The number of nitrogens with zero attached hydrogens (tertiary/aromatic N) is 2. The van der Waals surface area contributed by atoms with Crippen LogP contribution in [-0.4, -0.2) is 15.5 Å². The van der Waals surface area contributed by atoms with Crippen molar-refractivity contribution in [2.75, 3.05) is 0 Å². The summed E-state index contributed by atoms with van der Waals surface area (Å²) in [4.78, 5) is 31.0. The van der Waals surface area contributed by atoms with Crippen molar-refractivity contribution in [1.82, 2.24) is 9.55 Å². The van der Waals surface area contributed by atoms with Crippen LogP contribution in [0.3, 0.4) is 0 Å². The average molecular weight is 389 g/mol. The zero-order valence-corrected chi connectivity index (χ0v) is 16.0.